The third kappa shape index (κ3) is 7.33. The van der Waals surface area contributed by atoms with Crippen molar-refractivity contribution in [1.82, 2.24) is 9.97 Å². The van der Waals surface area contributed by atoms with Crippen molar-refractivity contribution in [2.75, 3.05) is 9.80 Å². The summed E-state index contributed by atoms with van der Waals surface area (Å²) in [6.45, 7) is 0. The van der Waals surface area contributed by atoms with E-state index in [0.29, 0.717) is 0 Å². The lowest BCUT2D eigenvalue weighted by atomic mass is 9.84. The third-order valence-corrected chi connectivity index (χ3v) is 12.0. The fourth-order valence-corrected chi connectivity index (χ4v) is 9.05. The lowest BCUT2D eigenvalue weighted by molar-refractivity contribution is 1.23. The number of fused-ring (bicyclic) bond motifs is 2. The summed E-state index contributed by atoms with van der Waals surface area (Å²) in [6, 6.07) is 82.5. The van der Waals surface area contributed by atoms with Crippen LogP contribution in [0.25, 0.3) is 66.1 Å². The van der Waals surface area contributed by atoms with Crippen molar-refractivity contribution in [2.24, 2.45) is 0 Å². The maximum Gasteiger partial charge on any atom is 0.0644 e. The minimum absolute atomic E-state index is 1.01. The highest BCUT2D eigenvalue weighted by Gasteiger charge is 2.20. The van der Waals surface area contributed by atoms with Crippen molar-refractivity contribution in [2.45, 2.75) is 0 Å². The number of hydrogen-bond acceptors (Lipinski definition) is 4. The molecule has 4 nitrogen and oxygen atoms in total. The SMILES string of the molecule is c1ccc(-c2c3ccc(-c4ccc(N(c5ccccc5)c5cccnc5)cc4)cc3c(-c3ccccc3)c3ccc(-c4ccc(N(c5ccccc5)c5cccnc5)cc4)cc23)cc1. The van der Waals surface area contributed by atoms with Crippen LogP contribution in [0.15, 0.2) is 255 Å². The molecule has 4 heteroatoms. The van der Waals surface area contributed by atoms with Crippen LogP contribution in [0.2, 0.25) is 0 Å². The second kappa shape index (κ2) is 17.0. The van der Waals surface area contributed by atoms with E-state index in [1.165, 1.54) is 43.8 Å². The number of anilines is 6. The Balaban J connectivity index is 1.05. The Morgan fingerprint density at radius 2 is 0.562 bits per heavy atom. The number of nitrogens with zero attached hydrogens (tertiary/aromatic N) is 4. The van der Waals surface area contributed by atoms with Crippen molar-refractivity contribution >= 4 is 55.7 Å². The molecule has 0 radical (unpaired) electrons. The summed E-state index contributed by atoms with van der Waals surface area (Å²) in [5.74, 6) is 0. The van der Waals surface area contributed by atoms with Crippen molar-refractivity contribution in [3.05, 3.63) is 255 Å². The molecule has 0 atom stereocenters. The first-order chi connectivity index (χ1) is 31.8. The van der Waals surface area contributed by atoms with E-state index in [1.54, 1.807) is 0 Å². The van der Waals surface area contributed by atoms with E-state index < -0.39 is 0 Å². The van der Waals surface area contributed by atoms with Gasteiger partial charge in [0.1, 0.15) is 0 Å². The van der Waals surface area contributed by atoms with E-state index in [4.69, 9.17) is 0 Å². The fraction of sp³-hybridized carbons (Fsp3) is 0. The normalized spacial score (nSPS) is 11.1. The van der Waals surface area contributed by atoms with Gasteiger partial charge in [-0.15, -0.1) is 0 Å². The molecular formula is C60H42N4. The molecule has 11 aromatic rings. The first-order valence-corrected chi connectivity index (χ1v) is 21.6. The van der Waals surface area contributed by atoms with Gasteiger partial charge < -0.3 is 9.80 Å². The molecule has 11 rings (SSSR count). The van der Waals surface area contributed by atoms with Gasteiger partial charge in [0.15, 0.2) is 0 Å². The van der Waals surface area contributed by atoms with E-state index in [-0.39, 0.29) is 0 Å². The van der Waals surface area contributed by atoms with Crippen LogP contribution >= 0.6 is 0 Å². The molecule has 0 aliphatic rings. The molecule has 0 aliphatic heterocycles. The molecule has 0 aliphatic carbocycles. The molecular weight excluding hydrogens is 777 g/mol. The molecule has 0 unspecified atom stereocenters. The average molecular weight is 819 g/mol. The maximum atomic E-state index is 4.44. The Morgan fingerprint density at radius 1 is 0.234 bits per heavy atom. The maximum absolute atomic E-state index is 4.44. The number of hydrogen-bond donors (Lipinski definition) is 0. The molecule has 0 N–H and O–H groups in total. The van der Waals surface area contributed by atoms with Gasteiger partial charge in [-0.1, -0.05) is 146 Å². The van der Waals surface area contributed by atoms with Crippen LogP contribution in [0.1, 0.15) is 0 Å². The predicted octanol–water partition coefficient (Wildman–Crippen LogP) is 16.4. The Hall–Kier alpha value is -8.60. The summed E-state index contributed by atoms with van der Waals surface area (Å²) in [5, 5.41) is 4.86. The minimum Gasteiger partial charge on any atom is -0.309 e. The molecule has 302 valence electrons. The molecule has 9 aromatic carbocycles. The Labute approximate surface area is 373 Å². The van der Waals surface area contributed by atoms with E-state index in [2.05, 4.69) is 226 Å². The lowest BCUT2D eigenvalue weighted by Crippen LogP contribution is -2.09. The number of pyridine rings is 2. The molecule has 0 fully saturated rings. The second-order valence-corrected chi connectivity index (χ2v) is 15.9. The summed E-state index contributed by atoms with van der Waals surface area (Å²) >= 11 is 0. The monoisotopic (exact) mass is 818 g/mol. The number of aromatic nitrogens is 2. The van der Waals surface area contributed by atoms with Crippen molar-refractivity contribution in [3.63, 3.8) is 0 Å². The number of para-hydroxylation sites is 2. The Bertz CT molecular complexity index is 3020. The van der Waals surface area contributed by atoms with Crippen LogP contribution in [0.4, 0.5) is 34.1 Å². The van der Waals surface area contributed by atoms with Gasteiger partial charge in [0.2, 0.25) is 0 Å². The van der Waals surface area contributed by atoms with E-state index in [1.807, 2.05) is 49.1 Å². The summed E-state index contributed by atoms with van der Waals surface area (Å²) in [7, 11) is 0. The van der Waals surface area contributed by atoms with Gasteiger partial charge in [-0.25, -0.2) is 0 Å². The van der Waals surface area contributed by atoms with Crippen molar-refractivity contribution in [3.8, 4) is 44.5 Å². The minimum atomic E-state index is 1.01. The smallest absolute Gasteiger partial charge is 0.0644 e. The van der Waals surface area contributed by atoms with Gasteiger partial charge in [-0.05, 0) is 151 Å². The highest BCUT2D eigenvalue weighted by Crippen LogP contribution is 2.46. The molecule has 0 saturated carbocycles. The summed E-state index contributed by atoms with van der Waals surface area (Å²) in [5.41, 5.74) is 15.8. The van der Waals surface area contributed by atoms with E-state index in [0.717, 1.165) is 56.4 Å². The van der Waals surface area contributed by atoms with Gasteiger partial charge >= 0.3 is 0 Å². The molecule has 0 amide bonds. The third-order valence-electron chi connectivity index (χ3n) is 12.0. The molecule has 0 spiro atoms. The molecule has 0 bridgehead atoms. The van der Waals surface area contributed by atoms with Gasteiger partial charge in [-0.3, -0.25) is 9.97 Å². The Morgan fingerprint density at radius 3 is 0.922 bits per heavy atom. The lowest BCUT2D eigenvalue weighted by Gasteiger charge is -2.25. The Kier molecular flexibility index (Phi) is 10.2. The van der Waals surface area contributed by atoms with Gasteiger partial charge in [0.05, 0.1) is 23.8 Å². The molecule has 2 aromatic heterocycles. The standard InChI is InChI=1S/C60H42N4/c1-5-15-45(16-6-1)59-55-35-29-48(44-27-33-52(34-28-44)64(50-21-11-4-12-22-50)54-24-14-38-62-42-54)40-58(55)60(46-17-7-2-8-18-46)56-36-30-47(39-57(56)59)43-25-31-51(32-26-43)63(49-19-9-3-10-20-49)53-23-13-37-61-41-53/h1-42H. The molecule has 2 heterocycles. The topological polar surface area (TPSA) is 32.3 Å². The summed E-state index contributed by atoms with van der Waals surface area (Å²) in [6.07, 6.45) is 7.45. The quantitative estimate of drug-likeness (QED) is 0.129. The fourth-order valence-electron chi connectivity index (χ4n) is 9.05. The highest BCUT2D eigenvalue weighted by molar-refractivity contribution is 6.22. The largest absolute Gasteiger partial charge is 0.309 e. The first kappa shape index (κ1) is 38.3. The van der Waals surface area contributed by atoms with Crippen LogP contribution in [-0.4, -0.2) is 9.97 Å². The van der Waals surface area contributed by atoms with E-state index >= 15 is 0 Å². The van der Waals surface area contributed by atoms with Crippen LogP contribution in [0.3, 0.4) is 0 Å². The van der Waals surface area contributed by atoms with Crippen molar-refractivity contribution in [1.29, 1.82) is 0 Å². The highest BCUT2D eigenvalue weighted by atomic mass is 15.2. The average Bonchev–Trinajstić information content (AvgIpc) is 3.38. The zero-order chi connectivity index (χ0) is 42.7. The zero-order valence-corrected chi connectivity index (χ0v) is 35.0. The van der Waals surface area contributed by atoms with Gasteiger partial charge in [-0.2, -0.15) is 0 Å². The van der Waals surface area contributed by atoms with Crippen LogP contribution in [-0.2, 0) is 0 Å². The molecule has 64 heavy (non-hydrogen) atoms. The summed E-state index contributed by atoms with van der Waals surface area (Å²) in [4.78, 5) is 13.4. The van der Waals surface area contributed by atoms with Crippen molar-refractivity contribution < 1.29 is 0 Å². The van der Waals surface area contributed by atoms with Gasteiger partial charge in [0, 0.05) is 35.1 Å². The second-order valence-electron chi connectivity index (χ2n) is 15.9. The van der Waals surface area contributed by atoms with Crippen LogP contribution in [0, 0.1) is 0 Å². The first-order valence-electron chi connectivity index (χ1n) is 21.6. The predicted molar refractivity (Wildman–Crippen MR) is 268 cm³/mol. The number of benzene rings is 9. The van der Waals surface area contributed by atoms with Crippen LogP contribution < -0.4 is 9.80 Å². The number of rotatable bonds is 10. The van der Waals surface area contributed by atoms with Crippen LogP contribution in [0.5, 0.6) is 0 Å². The van der Waals surface area contributed by atoms with Gasteiger partial charge in [0.25, 0.3) is 0 Å². The molecule has 0 saturated heterocycles. The zero-order valence-electron chi connectivity index (χ0n) is 35.0. The summed E-state index contributed by atoms with van der Waals surface area (Å²) < 4.78 is 0. The van der Waals surface area contributed by atoms with E-state index in [9.17, 15) is 0 Å².